The van der Waals surface area contributed by atoms with Gasteiger partial charge in [-0.3, -0.25) is 4.90 Å². The number of halogens is 1. The molecular formula is C28H29ClN4OS. The zero-order valence-corrected chi connectivity index (χ0v) is 21.4. The summed E-state index contributed by atoms with van der Waals surface area (Å²) in [5.41, 5.74) is 3.32. The minimum absolute atomic E-state index is 0.426. The lowest BCUT2D eigenvalue weighted by molar-refractivity contribution is -0.547. The highest BCUT2D eigenvalue weighted by Gasteiger charge is 2.55. The second-order valence-corrected chi connectivity index (χ2v) is 10.0. The molecule has 0 spiro atoms. The fraction of sp³-hybridized carbons (Fsp3) is 0.286. The molecule has 0 N–H and O–H groups in total. The van der Waals surface area contributed by atoms with Gasteiger partial charge in [-0.1, -0.05) is 59.8 Å². The van der Waals surface area contributed by atoms with Crippen molar-refractivity contribution in [3.05, 3.63) is 106 Å². The van der Waals surface area contributed by atoms with Crippen LogP contribution in [0.1, 0.15) is 30.4 Å². The van der Waals surface area contributed by atoms with Crippen LogP contribution in [0.3, 0.4) is 0 Å². The highest BCUT2D eigenvalue weighted by Crippen LogP contribution is 2.41. The SMILES string of the molecule is CS/C(=N\C1(c2ccccc2)N(c2ccc(Cl)cc2)CC(c2ccccc2)=[N+]1[O-])N1CCCCC1. The smallest absolute Gasteiger partial charge is 0.379 e. The summed E-state index contributed by atoms with van der Waals surface area (Å²) in [5, 5.41) is 16.0. The predicted octanol–water partition coefficient (Wildman–Crippen LogP) is 6.18. The first-order valence-corrected chi connectivity index (χ1v) is 13.6. The van der Waals surface area contributed by atoms with E-state index < -0.39 is 5.79 Å². The van der Waals surface area contributed by atoms with E-state index >= 15 is 0 Å². The van der Waals surface area contributed by atoms with Gasteiger partial charge < -0.3 is 10.1 Å². The van der Waals surface area contributed by atoms with Gasteiger partial charge in [0.2, 0.25) is 5.71 Å². The molecule has 1 unspecified atom stereocenters. The molecule has 3 aromatic rings. The molecule has 7 heteroatoms. The normalized spacial score (nSPS) is 21.0. The van der Waals surface area contributed by atoms with E-state index in [1.807, 2.05) is 91.2 Å². The summed E-state index contributed by atoms with van der Waals surface area (Å²) in [7, 11) is 0. The summed E-state index contributed by atoms with van der Waals surface area (Å²) in [4.78, 5) is 9.78. The largest absolute Gasteiger partial charge is 0.620 e. The Balaban J connectivity index is 1.76. The molecule has 3 aromatic carbocycles. The van der Waals surface area contributed by atoms with Crippen LogP contribution in [-0.4, -0.2) is 46.4 Å². The first kappa shape index (κ1) is 23.8. The Morgan fingerprint density at radius 3 is 2.17 bits per heavy atom. The Morgan fingerprint density at radius 1 is 0.914 bits per heavy atom. The van der Waals surface area contributed by atoms with Crippen molar-refractivity contribution in [2.24, 2.45) is 4.99 Å². The average Bonchev–Trinajstić information content (AvgIpc) is 3.22. The van der Waals surface area contributed by atoms with Crippen molar-refractivity contribution in [3.63, 3.8) is 0 Å². The maximum absolute atomic E-state index is 14.5. The number of benzene rings is 3. The first-order chi connectivity index (χ1) is 17.1. The van der Waals surface area contributed by atoms with Gasteiger partial charge in [-0.15, -0.1) is 0 Å². The molecule has 0 amide bonds. The minimum Gasteiger partial charge on any atom is -0.620 e. The van der Waals surface area contributed by atoms with E-state index in [-0.39, 0.29) is 0 Å². The number of hydroxylamine groups is 1. The van der Waals surface area contributed by atoms with Crippen molar-refractivity contribution >= 4 is 39.9 Å². The van der Waals surface area contributed by atoms with E-state index in [9.17, 15) is 5.21 Å². The molecule has 35 heavy (non-hydrogen) atoms. The van der Waals surface area contributed by atoms with Crippen molar-refractivity contribution in [1.82, 2.24) is 4.90 Å². The van der Waals surface area contributed by atoms with Crippen molar-refractivity contribution < 1.29 is 4.74 Å². The Labute approximate surface area is 216 Å². The summed E-state index contributed by atoms with van der Waals surface area (Å²) in [6.45, 7) is 2.34. The Kier molecular flexibility index (Phi) is 7.02. The number of anilines is 1. The maximum atomic E-state index is 14.5. The van der Waals surface area contributed by atoms with Crippen LogP contribution < -0.4 is 4.90 Å². The second-order valence-electron chi connectivity index (χ2n) is 8.82. The number of hydrogen-bond donors (Lipinski definition) is 0. The van der Waals surface area contributed by atoms with Crippen LogP contribution in [-0.2, 0) is 5.79 Å². The number of aliphatic imine (C=N–C) groups is 1. The highest BCUT2D eigenvalue weighted by atomic mass is 35.5. The van der Waals surface area contributed by atoms with E-state index in [1.165, 1.54) is 6.42 Å². The first-order valence-electron chi connectivity index (χ1n) is 12.0. The van der Waals surface area contributed by atoms with Crippen molar-refractivity contribution in [2.75, 3.05) is 30.8 Å². The summed E-state index contributed by atoms with van der Waals surface area (Å²) in [5.74, 6) is -1.28. The molecule has 2 aliphatic heterocycles. The van der Waals surface area contributed by atoms with Crippen molar-refractivity contribution in [1.29, 1.82) is 0 Å². The predicted molar refractivity (Wildman–Crippen MR) is 147 cm³/mol. The van der Waals surface area contributed by atoms with Crippen LogP contribution in [0.2, 0.25) is 5.02 Å². The lowest BCUT2D eigenvalue weighted by Gasteiger charge is -2.36. The molecule has 2 heterocycles. The Bertz CT molecular complexity index is 1210. The lowest BCUT2D eigenvalue weighted by atomic mass is 10.1. The van der Waals surface area contributed by atoms with Gasteiger partial charge in [0, 0.05) is 29.4 Å². The Morgan fingerprint density at radius 2 is 1.54 bits per heavy atom. The third-order valence-corrected chi connectivity index (χ3v) is 7.65. The van der Waals surface area contributed by atoms with E-state index in [0.717, 1.165) is 52.7 Å². The van der Waals surface area contributed by atoms with E-state index in [2.05, 4.69) is 9.80 Å². The maximum Gasteiger partial charge on any atom is 0.379 e. The van der Waals surface area contributed by atoms with Crippen LogP contribution in [0.5, 0.6) is 0 Å². The van der Waals surface area contributed by atoms with Gasteiger partial charge in [0.05, 0.1) is 5.56 Å². The van der Waals surface area contributed by atoms with Gasteiger partial charge in [0.15, 0.2) is 5.17 Å². The van der Waals surface area contributed by atoms with Gasteiger partial charge in [0.1, 0.15) is 6.54 Å². The zero-order chi connectivity index (χ0) is 24.3. The molecule has 2 aliphatic rings. The summed E-state index contributed by atoms with van der Waals surface area (Å²) in [6.07, 6.45) is 5.56. The van der Waals surface area contributed by atoms with Crippen molar-refractivity contribution in [3.8, 4) is 0 Å². The third kappa shape index (κ3) is 4.53. The molecule has 0 saturated carbocycles. The molecule has 1 atom stereocenters. The van der Waals surface area contributed by atoms with Crippen LogP contribution in [0.15, 0.2) is 89.9 Å². The molecular weight excluding hydrogens is 476 g/mol. The number of thioether (sulfide) groups is 1. The van der Waals surface area contributed by atoms with E-state index in [1.54, 1.807) is 11.8 Å². The minimum atomic E-state index is -1.28. The molecule has 0 aliphatic carbocycles. The highest BCUT2D eigenvalue weighted by molar-refractivity contribution is 8.13. The van der Waals surface area contributed by atoms with Gasteiger partial charge in [0.25, 0.3) is 0 Å². The fourth-order valence-corrected chi connectivity index (χ4v) is 5.71. The number of likely N-dealkylation sites (tertiary alicyclic amines) is 1. The average molecular weight is 505 g/mol. The van der Waals surface area contributed by atoms with Crippen LogP contribution in [0, 0.1) is 5.21 Å². The van der Waals surface area contributed by atoms with Gasteiger partial charge in [-0.25, -0.2) is 0 Å². The van der Waals surface area contributed by atoms with Gasteiger partial charge in [-0.2, -0.15) is 9.73 Å². The molecule has 0 radical (unpaired) electrons. The van der Waals surface area contributed by atoms with Gasteiger partial charge >= 0.3 is 5.79 Å². The molecule has 0 aromatic heterocycles. The quantitative estimate of drug-likeness (QED) is 0.184. The number of rotatable bonds is 4. The molecule has 0 bridgehead atoms. The summed E-state index contributed by atoms with van der Waals surface area (Å²) < 4.78 is 1.12. The van der Waals surface area contributed by atoms with Crippen LogP contribution in [0.25, 0.3) is 0 Å². The monoisotopic (exact) mass is 504 g/mol. The molecule has 1 saturated heterocycles. The van der Waals surface area contributed by atoms with Crippen molar-refractivity contribution in [2.45, 2.75) is 25.0 Å². The molecule has 1 fully saturated rings. The molecule has 5 rings (SSSR count). The number of amidine groups is 1. The summed E-state index contributed by atoms with van der Waals surface area (Å²) in [6, 6.07) is 27.5. The van der Waals surface area contributed by atoms with Gasteiger partial charge in [-0.05, 0) is 74.0 Å². The Hall–Kier alpha value is -2.96. The number of nitrogens with zero attached hydrogens (tertiary/aromatic N) is 4. The van der Waals surface area contributed by atoms with E-state index in [0.29, 0.717) is 17.3 Å². The van der Waals surface area contributed by atoms with Crippen LogP contribution >= 0.6 is 23.4 Å². The molecule has 5 nitrogen and oxygen atoms in total. The summed E-state index contributed by atoms with van der Waals surface area (Å²) >= 11 is 7.84. The second kappa shape index (κ2) is 10.3. The standard InChI is InChI=1S/C28H29ClN4OS/c1-35-27(31-19-9-4-10-20-31)30-28(23-13-7-3-8-14-23)32(25-17-15-24(29)16-18-25)21-26(33(28)34)22-11-5-2-6-12-22/h2-3,5-8,11-18H,4,9-10,19-21H2,1H3/b30-27-. The van der Waals surface area contributed by atoms with Crippen LogP contribution in [0.4, 0.5) is 5.69 Å². The topological polar surface area (TPSA) is 44.9 Å². The fourth-order valence-electron chi connectivity index (χ4n) is 4.92. The van der Waals surface area contributed by atoms with E-state index in [4.69, 9.17) is 16.6 Å². The number of hydrogen-bond acceptors (Lipinski definition) is 4. The molecule has 180 valence electrons. The third-order valence-electron chi connectivity index (χ3n) is 6.68. The number of piperidine rings is 1. The lowest BCUT2D eigenvalue weighted by Crippen LogP contribution is -2.48. The zero-order valence-electron chi connectivity index (χ0n) is 19.8.